The van der Waals surface area contributed by atoms with E-state index in [2.05, 4.69) is 277 Å². The minimum absolute atomic E-state index is 1.09. The molecular weight excluding hydrogens is 777 g/mol. The van der Waals surface area contributed by atoms with Crippen molar-refractivity contribution in [1.29, 1.82) is 0 Å². The molecule has 1 aliphatic heterocycles. The molecule has 0 N–H and O–H groups in total. The highest BCUT2D eigenvalue weighted by Crippen LogP contribution is 2.43. The van der Waals surface area contributed by atoms with E-state index in [1.54, 1.807) is 0 Å². The molecule has 298 valence electrons. The molecule has 63 heavy (non-hydrogen) atoms. The predicted octanol–water partition coefficient (Wildman–Crippen LogP) is 13.3. The summed E-state index contributed by atoms with van der Waals surface area (Å²) >= 11 is 0. The third-order valence-corrected chi connectivity index (χ3v) is 17.4. The van der Waals surface area contributed by atoms with Gasteiger partial charge in [0.25, 0.3) is 0 Å². The largest absolute Gasteiger partial charge is 0.311 e. The van der Waals surface area contributed by atoms with E-state index in [4.69, 9.17) is 0 Å². The number of hydrogen-bond donors (Lipinski definition) is 0. The maximum Gasteiger partial charge on any atom is 0.184 e. The van der Waals surface area contributed by atoms with Crippen molar-refractivity contribution in [3.8, 4) is 33.4 Å². The van der Waals surface area contributed by atoms with E-state index in [0.29, 0.717) is 0 Å². The Bertz CT molecular complexity index is 3100. The molecule has 0 aromatic heterocycles. The zero-order valence-corrected chi connectivity index (χ0v) is 35.8. The van der Waals surface area contributed by atoms with E-state index in [9.17, 15) is 0 Å². The number of nitrogens with zero attached hydrogens (tertiary/aromatic N) is 2. The lowest BCUT2D eigenvalue weighted by Gasteiger charge is -2.45. The zero-order valence-electron chi connectivity index (χ0n) is 34.8. The maximum absolute atomic E-state index is 2.85. The van der Waals surface area contributed by atoms with Gasteiger partial charge in [0, 0.05) is 34.0 Å². The van der Waals surface area contributed by atoms with Gasteiger partial charge in [0.2, 0.25) is 0 Å². The van der Waals surface area contributed by atoms with Gasteiger partial charge in [-0.2, -0.15) is 0 Å². The molecule has 10 aromatic rings. The van der Waals surface area contributed by atoms with Gasteiger partial charge in [-0.25, -0.2) is 0 Å². The van der Waals surface area contributed by atoms with Crippen molar-refractivity contribution < 1.29 is 0 Å². The maximum atomic E-state index is 2.51. The number of hydrogen-bond acceptors (Lipinski definition) is 2. The highest BCUT2D eigenvalue weighted by atomic mass is 28.3. The van der Waals surface area contributed by atoms with Crippen LogP contribution in [0.1, 0.15) is 0 Å². The van der Waals surface area contributed by atoms with Gasteiger partial charge in [-0.3, -0.25) is 0 Å². The summed E-state index contributed by atoms with van der Waals surface area (Å²) in [7, 11) is -2.85. The molecule has 0 saturated carbocycles. The molecule has 0 bridgehead atoms. The van der Waals surface area contributed by atoms with Crippen molar-refractivity contribution in [2.75, 3.05) is 9.80 Å². The minimum Gasteiger partial charge on any atom is -0.311 e. The normalized spacial score (nSPS) is 12.5. The van der Waals surface area contributed by atoms with Crippen LogP contribution >= 0.6 is 0 Å². The van der Waals surface area contributed by atoms with Crippen LogP contribution in [-0.2, 0) is 0 Å². The van der Waals surface area contributed by atoms with E-state index in [1.165, 1.54) is 65.5 Å². The van der Waals surface area contributed by atoms with E-state index in [0.717, 1.165) is 22.7 Å². The standard InChI is InChI=1S/C60H44N2Si/c1-6-20-45(21-7-1)46-34-39-51(40-35-46)61(56-31-17-16-30-55(56)48-22-8-2-9-23-48)52-41-36-47(37-42-52)49-38-43-58-60(44-49)63(53-26-12-4-13-27-53,54-28-14-5-15-29-54)59-33-19-18-32-57(59)62(58)50-24-10-3-11-25-50/h1-44H. The average molecular weight is 821 g/mol. The first-order valence-electron chi connectivity index (χ1n) is 21.7. The fourth-order valence-corrected chi connectivity index (χ4v) is 14.8. The van der Waals surface area contributed by atoms with Gasteiger partial charge in [-0.1, -0.05) is 212 Å². The van der Waals surface area contributed by atoms with Crippen LogP contribution in [0.3, 0.4) is 0 Å². The first-order chi connectivity index (χ1) is 31.3. The molecular formula is C60H44N2Si. The van der Waals surface area contributed by atoms with Gasteiger partial charge in [0.05, 0.1) is 5.69 Å². The Morgan fingerprint density at radius 1 is 0.302 bits per heavy atom. The van der Waals surface area contributed by atoms with Crippen LogP contribution in [0.4, 0.5) is 34.1 Å². The summed E-state index contributed by atoms with van der Waals surface area (Å²) in [5.74, 6) is 0. The first-order valence-corrected chi connectivity index (χ1v) is 23.7. The SMILES string of the molecule is c1ccc(-c2ccc(N(c3ccc(-c4ccc5c(c4)[Si](c4ccccc4)(c4ccccc4)c4ccccc4N5c4ccccc4)cc3)c3ccccc3-c3ccccc3)cc2)cc1. The lowest BCUT2D eigenvalue weighted by molar-refractivity contribution is 1.28. The number of anilines is 6. The lowest BCUT2D eigenvalue weighted by atomic mass is 10.00. The molecule has 0 radical (unpaired) electrons. The number of benzene rings is 10. The fourth-order valence-electron chi connectivity index (χ4n) is 9.69. The van der Waals surface area contributed by atoms with Crippen molar-refractivity contribution in [1.82, 2.24) is 0 Å². The van der Waals surface area contributed by atoms with Crippen LogP contribution in [0.5, 0.6) is 0 Å². The molecule has 0 amide bonds. The summed E-state index contributed by atoms with van der Waals surface area (Å²) in [4.78, 5) is 4.87. The Hall–Kier alpha value is -7.98. The van der Waals surface area contributed by atoms with Gasteiger partial charge >= 0.3 is 0 Å². The fraction of sp³-hybridized carbons (Fsp3) is 0. The Balaban J connectivity index is 1.08. The molecule has 0 saturated heterocycles. The number of fused-ring (bicyclic) bond motifs is 2. The Kier molecular flexibility index (Phi) is 9.93. The number of rotatable bonds is 9. The monoisotopic (exact) mass is 820 g/mol. The molecule has 0 spiro atoms. The van der Waals surface area contributed by atoms with Crippen LogP contribution in [0.2, 0.25) is 0 Å². The van der Waals surface area contributed by atoms with Crippen molar-refractivity contribution >= 4 is 62.9 Å². The smallest absolute Gasteiger partial charge is 0.184 e. The Morgan fingerprint density at radius 3 is 1.33 bits per heavy atom. The molecule has 0 atom stereocenters. The van der Waals surface area contributed by atoms with E-state index >= 15 is 0 Å². The summed E-state index contributed by atoms with van der Waals surface area (Å²) in [5.41, 5.74) is 14.0. The molecule has 11 rings (SSSR count). The quantitative estimate of drug-likeness (QED) is 0.134. The van der Waals surface area contributed by atoms with Gasteiger partial charge < -0.3 is 9.80 Å². The molecule has 0 fully saturated rings. The first kappa shape index (κ1) is 38.0. The molecule has 0 unspecified atom stereocenters. The van der Waals surface area contributed by atoms with E-state index in [1.807, 2.05) is 0 Å². The summed E-state index contributed by atoms with van der Waals surface area (Å²) < 4.78 is 0. The second kappa shape index (κ2) is 16.5. The summed E-state index contributed by atoms with van der Waals surface area (Å²) in [6.07, 6.45) is 0. The zero-order chi connectivity index (χ0) is 42.0. The summed E-state index contributed by atoms with van der Waals surface area (Å²) in [5, 5.41) is 5.51. The van der Waals surface area contributed by atoms with Crippen LogP contribution in [0.25, 0.3) is 33.4 Å². The van der Waals surface area contributed by atoms with E-state index < -0.39 is 8.07 Å². The number of para-hydroxylation sites is 3. The van der Waals surface area contributed by atoms with Crippen LogP contribution < -0.4 is 30.5 Å². The van der Waals surface area contributed by atoms with Gasteiger partial charge in [0.15, 0.2) is 8.07 Å². The molecule has 10 aromatic carbocycles. The Morgan fingerprint density at radius 2 is 0.730 bits per heavy atom. The second-order valence-electron chi connectivity index (χ2n) is 16.1. The minimum atomic E-state index is -2.85. The Labute approximate surface area is 371 Å². The molecule has 1 heterocycles. The molecule has 0 aliphatic carbocycles. The van der Waals surface area contributed by atoms with Crippen LogP contribution in [0, 0.1) is 0 Å². The van der Waals surface area contributed by atoms with Crippen molar-refractivity contribution in [2.24, 2.45) is 0 Å². The molecule has 3 heteroatoms. The van der Waals surface area contributed by atoms with Crippen LogP contribution in [0.15, 0.2) is 267 Å². The topological polar surface area (TPSA) is 6.48 Å². The third-order valence-electron chi connectivity index (χ3n) is 12.5. The highest BCUT2D eigenvalue weighted by Gasteiger charge is 2.48. The van der Waals surface area contributed by atoms with Gasteiger partial charge in [-0.15, -0.1) is 0 Å². The summed E-state index contributed by atoms with van der Waals surface area (Å²) in [6, 6.07) is 97.8. The molecule has 1 aliphatic rings. The third kappa shape index (κ3) is 6.76. The van der Waals surface area contributed by atoms with E-state index in [-0.39, 0.29) is 0 Å². The van der Waals surface area contributed by atoms with Crippen LogP contribution in [-0.4, -0.2) is 8.07 Å². The van der Waals surface area contributed by atoms with Gasteiger partial charge in [0.1, 0.15) is 0 Å². The van der Waals surface area contributed by atoms with Crippen molar-refractivity contribution in [3.63, 3.8) is 0 Å². The highest BCUT2D eigenvalue weighted by molar-refractivity contribution is 7.21. The average Bonchev–Trinajstić information content (AvgIpc) is 3.37. The van der Waals surface area contributed by atoms with Crippen molar-refractivity contribution in [2.45, 2.75) is 0 Å². The predicted molar refractivity (Wildman–Crippen MR) is 269 cm³/mol. The van der Waals surface area contributed by atoms with Gasteiger partial charge in [-0.05, 0) is 103 Å². The lowest BCUT2D eigenvalue weighted by Crippen LogP contribution is -2.77. The second-order valence-corrected chi connectivity index (χ2v) is 19.8. The molecule has 2 nitrogen and oxygen atoms in total. The van der Waals surface area contributed by atoms with Crippen molar-refractivity contribution in [3.05, 3.63) is 267 Å². The summed E-state index contributed by atoms with van der Waals surface area (Å²) in [6.45, 7) is 0.